The van der Waals surface area contributed by atoms with Crippen LogP contribution in [0.1, 0.15) is 48.8 Å². The molecule has 0 bridgehead atoms. The molecule has 1 amide bonds. The van der Waals surface area contributed by atoms with Crippen LogP contribution in [0.5, 0.6) is 0 Å². The molecule has 0 radical (unpaired) electrons. The lowest BCUT2D eigenvalue weighted by Gasteiger charge is -2.18. The summed E-state index contributed by atoms with van der Waals surface area (Å²) in [5, 5.41) is 11.2. The van der Waals surface area contributed by atoms with Gasteiger partial charge in [-0.25, -0.2) is 4.68 Å². The van der Waals surface area contributed by atoms with E-state index in [9.17, 15) is 4.79 Å². The van der Waals surface area contributed by atoms with Crippen molar-refractivity contribution in [1.82, 2.24) is 20.3 Å². The van der Waals surface area contributed by atoms with Crippen molar-refractivity contribution in [3.05, 3.63) is 40.1 Å². The first-order valence-corrected chi connectivity index (χ1v) is 8.43. The minimum absolute atomic E-state index is 0. The predicted octanol–water partition coefficient (Wildman–Crippen LogP) is 2.80. The van der Waals surface area contributed by atoms with Gasteiger partial charge in [0.15, 0.2) is 5.69 Å². The molecule has 1 aromatic carbocycles. The van der Waals surface area contributed by atoms with Gasteiger partial charge in [-0.15, -0.1) is 17.5 Å². The molecule has 3 rings (SSSR count). The Morgan fingerprint density at radius 3 is 2.54 bits per heavy atom. The SMILES string of the molecule is CC(C)(N)CNC(=O)c1nnn(-c2ccc(Br)cc2)c1C1CC1.Cl. The second-order valence-corrected chi connectivity index (χ2v) is 7.57. The van der Waals surface area contributed by atoms with Crippen LogP contribution in [0.2, 0.25) is 0 Å². The highest BCUT2D eigenvalue weighted by molar-refractivity contribution is 9.10. The lowest BCUT2D eigenvalue weighted by Crippen LogP contribution is -2.45. The second kappa shape index (κ2) is 7.21. The third kappa shape index (κ3) is 4.34. The van der Waals surface area contributed by atoms with Gasteiger partial charge >= 0.3 is 0 Å². The minimum Gasteiger partial charge on any atom is -0.349 e. The van der Waals surface area contributed by atoms with E-state index in [4.69, 9.17) is 5.73 Å². The Bertz CT molecular complexity index is 719. The summed E-state index contributed by atoms with van der Waals surface area (Å²) < 4.78 is 2.77. The van der Waals surface area contributed by atoms with Crippen LogP contribution in [0.4, 0.5) is 0 Å². The van der Waals surface area contributed by atoms with Crippen LogP contribution in [0.15, 0.2) is 28.7 Å². The number of hydrogen-bond acceptors (Lipinski definition) is 4. The smallest absolute Gasteiger partial charge is 0.273 e. The van der Waals surface area contributed by atoms with Crippen LogP contribution >= 0.6 is 28.3 Å². The summed E-state index contributed by atoms with van der Waals surface area (Å²) in [7, 11) is 0. The summed E-state index contributed by atoms with van der Waals surface area (Å²) in [5.41, 5.74) is 7.66. The number of rotatable bonds is 5. The van der Waals surface area contributed by atoms with E-state index in [1.807, 2.05) is 38.1 Å². The molecule has 1 fully saturated rings. The molecule has 0 spiro atoms. The van der Waals surface area contributed by atoms with Crippen LogP contribution in [0.3, 0.4) is 0 Å². The maximum absolute atomic E-state index is 12.5. The van der Waals surface area contributed by atoms with Crippen LogP contribution in [-0.2, 0) is 0 Å². The number of carbonyl (C=O) groups is 1. The first-order chi connectivity index (χ1) is 10.8. The molecule has 130 valence electrons. The Morgan fingerprint density at radius 2 is 2.00 bits per heavy atom. The molecule has 0 unspecified atom stereocenters. The maximum Gasteiger partial charge on any atom is 0.273 e. The van der Waals surface area contributed by atoms with Crippen molar-refractivity contribution in [1.29, 1.82) is 0 Å². The minimum atomic E-state index is -0.461. The monoisotopic (exact) mass is 413 g/mol. The third-order valence-corrected chi connectivity index (χ3v) is 4.19. The Morgan fingerprint density at radius 1 is 1.38 bits per heavy atom. The van der Waals surface area contributed by atoms with E-state index in [-0.39, 0.29) is 18.3 Å². The van der Waals surface area contributed by atoms with Crippen LogP contribution in [-0.4, -0.2) is 33.0 Å². The summed E-state index contributed by atoms with van der Waals surface area (Å²) in [4.78, 5) is 12.5. The molecule has 8 heteroatoms. The normalized spacial score (nSPS) is 14.2. The number of benzene rings is 1. The van der Waals surface area contributed by atoms with E-state index >= 15 is 0 Å². The van der Waals surface area contributed by atoms with Crippen molar-refractivity contribution >= 4 is 34.2 Å². The fraction of sp³-hybridized carbons (Fsp3) is 0.438. The molecule has 0 saturated heterocycles. The number of amides is 1. The number of nitrogens with two attached hydrogens (primary N) is 1. The standard InChI is InChI=1S/C16H20BrN5O.ClH/c1-16(2,18)9-19-15(23)13-14(10-3-4-10)22(21-20-13)12-7-5-11(17)6-8-12;/h5-8,10H,3-4,9,18H2,1-2H3,(H,19,23);1H. The molecule has 1 aliphatic carbocycles. The molecule has 24 heavy (non-hydrogen) atoms. The van der Waals surface area contributed by atoms with Crippen molar-refractivity contribution in [3.8, 4) is 5.69 Å². The molecule has 3 N–H and O–H groups in total. The average Bonchev–Trinajstić information content (AvgIpc) is 3.23. The highest BCUT2D eigenvalue weighted by Gasteiger charge is 2.34. The lowest BCUT2D eigenvalue weighted by molar-refractivity contribution is 0.0940. The molecule has 2 aromatic rings. The molecular formula is C16H21BrClN5O. The summed E-state index contributed by atoms with van der Waals surface area (Å²) in [5.74, 6) is 0.133. The highest BCUT2D eigenvalue weighted by Crippen LogP contribution is 2.42. The Balaban J connectivity index is 0.00000208. The topological polar surface area (TPSA) is 85.8 Å². The molecular weight excluding hydrogens is 394 g/mol. The molecule has 0 aliphatic heterocycles. The second-order valence-electron chi connectivity index (χ2n) is 6.66. The van der Waals surface area contributed by atoms with E-state index in [0.717, 1.165) is 28.7 Å². The number of aromatic nitrogens is 3. The molecule has 1 heterocycles. The lowest BCUT2D eigenvalue weighted by atomic mass is 10.1. The fourth-order valence-electron chi connectivity index (χ4n) is 2.34. The van der Waals surface area contributed by atoms with E-state index in [1.54, 1.807) is 4.68 Å². The first kappa shape index (κ1) is 18.9. The van der Waals surface area contributed by atoms with E-state index in [2.05, 4.69) is 31.6 Å². The zero-order chi connectivity index (χ0) is 16.6. The fourth-order valence-corrected chi connectivity index (χ4v) is 2.60. The molecule has 0 atom stereocenters. The van der Waals surface area contributed by atoms with Gasteiger partial charge in [0.1, 0.15) is 0 Å². The van der Waals surface area contributed by atoms with Gasteiger partial charge in [-0.2, -0.15) is 0 Å². The van der Waals surface area contributed by atoms with Crippen LogP contribution in [0, 0.1) is 0 Å². The van der Waals surface area contributed by atoms with Gasteiger partial charge in [0, 0.05) is 22.5 Å². The average molecular weight is 415 g/mol. The van der Waals surface area contributed by atoms with E-state index < -0.39 is 5.54 Å². The Kier molecular flexibility index (Phi) is 5.67. The molecule has 1 saturated carbocycles. The number of nitrogens with zero attached hydrogens (tertiary/aromatic N) is 3. The van der Waals surface area contributed by atoms with Crippen molar-refractivity contribution in [2.45, 2.75) is 38.1 Å². The Hall–Kier alpha value is -1.44. The maximum atomic E-state index is 12.5. The summed E-state index contributed by atoms with van der Waals surface area (Å²) >= 11 is 3.42. The van der Waals surface area contributed by atoms with Gasteiger partial charge in [-0.05, 0) is 51.0 Å². The van der Waals surface area contributed by atoms with Crippen LogP contribution in [0.25, 0.3) is 5.69 Å². The van der Waals surface area contributed by atoms with E-state index in [0.29, 0.717) is 18.2 Å². The third-order valence-electron chi connectivity index (χ3n) is 3.66. The van der Waals surface area contributed by atoms with Crippen molar-refractivity contribution in [3.63, 3.8) is 0 Å². The van der Waals surface area contributed by atoms with Crippen molar-refractivity contribution in [2.24, 2.45) is 5.73 Å². The number of halogens is 2. The summed E-state index contributed by atoms with van der Waals surface area (Å²) in [6.07, 6.45) is 2.12. The number of hydrogen-bond donors (Lipinski definition) is 2. The predicted molar refractivity (Wildman–Crippen MR) is 98.9 cm³/mol. The zero-order valence-electron chi connectivity index (χ0n) is 13.6. The molecule has 1 aliphatic rings. The number of nitrogens with one attached hydrogen (secondary N) is 1. The van der Waals surface area contributed by atoms with Crippen molar-refractivity contribution < 1.29 is 4.79 Å². The molecule has 6 nitrogen and oxygen atoms in total. The van der Waals surface area contributed by atoms with Gasteiger partial charge < -0.3 is 11.1 Å². The van der Waals surface area contributed by atoms with Gasteiger partial charge in [0.2, 0.25) is 0 Å². The molecule has 1 aromatic heterocycles. The van der Waals surface area contributed by atoms with Gasteiger partial charge in [0.25, 0.3) is 5.91 Å². The van der Waals surface area contributed by atoms with Crippen LogP contribution < -0.4 is 11.1 Å². The first-order valence-electron chi connectivity index (χ1n) is 7.64. The zero-order valence-corrected chi connectivity index (χ0v) is 16.0. The Labute approximate surface area is 155 Å². The van der Waals surface area contributed by atoms with Gasteiger partial charge in [-0.3, -0.25) is 4.79 Å². The van der Waals surface area contributed by atoms with E-state index in [1.165, 1.54) is 0 Å². The highest BCUT2D eigenvalue weighted by atomic mass is 79.9. The number of carbonyl (C=O) groups excluding carboxylic acids is 1. The van der Waals surface area contributed by atoms with Crippen molar-refractivity contribution in [2.75, 3.05) is 6.54 Å². The largest absolute Gasteiger partial charge is 0.349 e. The summed E-state index contributed by atoms with van der Waals surface area (Å²) in [6, 6.07) is 7.80. The summed E-state index contributed by atoms with van der Waals surface area (Å²) in [6.45, 7) is 4.13. The van der Waals surface area contributed by atoms with Gasteiger partial charge in [0.05, 0.1) is 11.4 Å². The van der Waals surface area contributed by atoms with Gasteiger partial charge in [-0.1, -0.05) is 21.1 Å². The quantitative estimate of drug-likeness (QED) is 0.788.